The van der Waals surface area contributed by atoms with E-state index in [9.17, 15) is 4.79 Å². The van der Waals surface area contributed by atoms with Gasteiger partial charge in [-0.3, -0.25) is 4.79 Å². The van der Waals surface area contributed by atoms with E-state index in [0.717, 1.165) is 0 Å². The van der Waals surface area contributed by atoms with Gasteiger partial charge in [0.2, 0.25) is 0 Å². The summed E-state index contributed by atoms with van der Waals surface area (Å²) in [7, 11) is 1.58. The van der Waals surface area contributed by atoms with Crippen molar-refractivity contribution in [3.05, 3.63) is 40.3 Å². The second-order valence-electron chi connectivity index (χ2n) is 3.47. The second-order valence-corrected chi connectivity index (χ2v) is 3.47. The highest BCUT2D eigenvalue weighted by Crippen LogP contribution is 2.12. The Hall–Kier alpha value is -2.20. The SMILES string of the molecule is CNC(=O)c1ccc(OCC(C)N=[N+]=[N-])cc1. The molecule has 6 heteroatoms. The molecule has 0 aliphatic carbocycles. The summed E-state index contributed by atoms with van der Waals surface area (Å²) in [6.45, 7) is 2.07. The van der Waals surface area contributed by atoms with E-state index in [2.05, 4.69) is 15.3 Å². The third-order valence-electron chi connectivity index (χ3n) is 2.08. The molecule has 1 aromatic carbocycles. The van der Waals surface area contributed by atoms with Crippen LogP contribution in [0.25, 0.3) is 10.4 Å². The van der Waals surface area contributed by atoms with Crippen molar-refractivity contribution in [2.75, 3.05) is 13.7 Å². The highest BCUT2D eigenvalue weighted by molar-refractivity contribution is 5.94. The summed E-state index contributed by atoms with van der Waals surface area (Å²) >= 11 is 0. The van der Waals surface area contributed by atoms with Crippen LogP contribution in [0.3, 0.4) is 0 Å². The second kappa shape index (κ2) is 6.40. The van der Waals surface area contributed by atoms with E-state index in [-0.39, 0.29) is 11.9 Å². The Labute approximate surface area is 99.2 Å². The first kappa shape index (κ1) is 12.9. The average Bonchev–Trinajstić information content (AvgIpc) is 2.36. The Morgan fingerprint density at radius 3 is 2.71 bits per heavy atom. The predicted octanol–water partition coefficient (Wildman–Crippen LogP) is 2.12. The molecule has 0 bridgehead atoms. The van der Waals surface area contributed by atoms with Gasteiger partial charge in [0.15, 0.2) is 0 Å². The van der Waals surface area contributed by atoms with Crippen LogP contribution in [0.4, 0.5) is 0 Å². The van der Waals surface area contributed by atoms with E-state index in [1.165, 1.54) is 0 Å². The molecule has 90 valence electrons. The van der Waals surface area contributed by atoms with Crippen molar-refractivity contribution in [3.8, 4) is 5.75 Å². The largest absolute Gasteiger partial charge is 0.493 e. The fourth-order valence-corrected chi connectivity index (χ4v) is 1.19. The number of carbonyl (C=O) groups excluding carboxylic acids is 1. The van der Waals surface area contributed by atoms with Gasteiger partial charge < -0.3 is 10.1 Å². The summed E-state index contributed by atoms with van der Waals surface area (Å²) in [6.07, 6.45) is 0. The van der Waals surface area contributed by atoms with E-state index in [1.54, 1.807) is 38.2 Å². The number of nitrogens with zero attached hydrogens (tertiary/aromatic N) is 3. The monoisotopic (exact) mass is 234 g/mol. The molecule has 0 saturated heterocycles. The number of hydrogen-bond acceptors (Lipinski definition) is 3. The van der Waals surface area contributed by atoms with Gasteiger partial charge in [0, 0.05) is 17.5 Å². The lowest BCUT2D eigenvalue weighted by molar-refractivity contribution is 0.0963. The minimum absolute atomic E-state index is 0.140. The van der Waals surface area contributed by atoms with Crippen LogP contribution >= 0.6 is 0 Å². The zero-order valence-electron chi connectivity index (χ0n) is 9.75. The van der Waals surface area contributed by atoms with Crippen LogP contribution in [-0.4, -0.2) is 25.6 Å². The predicted molar refractivity (Wildman–Crippen MR) is 63.9 cm³/mol. The van der Waals surface area contributed by atoms with Crippen molar-refractivity contribution in [1.82, 2.24) is 5.32 Å². The summed E-state index contributed by atoms with van der Waals surface area (Å²) < 4.78 is 5.39. The number of hydrogen-bond donors (Lipinski definition) is 1. The number of nitrogens with one attached hydrogen (secondary N) is 1. The zero-order chi connectivity index (χ0) is 12.7. The molecule has 0 saturated carbocycles. The van der Waals surface area contributed by atoms with E-state index in [1.807, 2.05) is 0 Å². The molecule has 0 fully saturated rings. The molecule has 1 rings (SSSR count). The van der Waals surface area contributed by atoms with E-state index in [0.29, 0.717) is 17.9 Å². The van der Waals surface area contributed by atoms with Crippen molar-refractivity contribution in [2.45, 2.75) is 13.0 Å². The molecule has 17 heavy (non-hydrogen) atoms. The molecule has 0 radical (unpaired) electrons. The van der Waals surface area contributed by atoms with Crippen LogP contribution in [0, 0.1) is 0 Å². The molecule has 1 aromatic rings. The molecule has 6 nitrogen and oxygen atoms in total. The lowest BCUT2D eigenvalue weighted by Crippen LogP contribution is -2.17. The van der Waals surface area contributed by atoms with Crippen LogP contribution in [-0.2, 0) is 0 Å². The fraction of sp³-hybridized carbons (Fsp3) is 0.364. The van der Waals surface area contributed by atoms with Crippen LogP contribution in [0.15, 0.2) is 29.4 Å². The van der Waals surface area contributed by atoms with Gasteiger partial charge >= 0.3 is 0 Å². The Morgan fingerprint density at radius 2 is 2.18 bits per heavy atom. The molecule has 0 aliphatic heterocycles. The van der Waals surface area contributed by atoms with E-state index >= 15 is 0 Å². The summed E-state index contributed by atoms with van der Waals surface area (Å²) in [5, 5.41) is 6.02. The minimum Gasteiger partial charge on any atom is -0.493 e. The van der Waals surface area contributed by atoms with Crippen molar-refractivity contribution in [3.63, 3.8) is 0 Å². The maximum Gasteiger partial charge on any atom is 0.251 e. The first-order valence-electron chi connectivity index (χ1n) is 5.16. The van der Waals surface area contributed by atoms with Gasteiger partial charge in [-0.05, 0) is 29.8 Å². The van der Waals surface area contributed by atoms with Crippen molar-refractivity contribution in [1.29, 1.82) is 0 Å². The highest BCUT2D eigenvalue weighted by Gasteiger charge is 2.03. The third-order valence-corrected chi connectivity index (χ3v) is 2.08. The Morgan fingerprint density at radius 1 is 1.53 bits per heavy atom. The number of amides is 1. The molecule has 0 aromatic heterocycles. The molecule has 1 N–H and O–H groups in total. The number of azide groups is 1. The van der Waals surface area contributed by atoms with Crippen LogP contribution in [0.1, 0.15) is 17.3 Å². The topological polar surface area (TPSA) is 87.1 Å². The standard InChI is InChI=1S/C11H14N4O2/c1-8(14-15-12)7-17-10-5-3-9(4-6-10)11(16)13-2/h3-6,8H,7H2,1-2H3,(H,13,16). The number of carbonyl (C=O) groups is 1. The zero-order valence-corrected chi connectivity index (χ0v) is 9.75. The van der Waals surface area contributed by atoms with Gasteiger partial charge in [-0.25, -0.2) is 0 Å². The van der Waals surface area contributed by atoms with E-state index in [4.69, 9.17) is 10.3 Å². The van der Waals surface area contributed by atoms with Gasteiger partial charge in [-0.2, -0.15) is 0 Å². The summed E-state index contributed by atoms with van der Waals surface area (Å²) in [5.74, 6) is 0.497. The van der Waals surface area contributed by atoms with Gasteiger partial charge in [-0.1, -0.05) is 12.0 Å². The van der Waals surface area contributed by atoms with Crippen LogP contribution in [0.5, 0.6) is 5.75 Å². The maximum absolute atomic E-state index is 11.3. The van der Waals surface area contributed by atoms with Crippen molar-refractivity contribution in [2.24, 2.45) is 5.11 Å². The average molecular weight is 234 g/mol. The Balaban J connectivity index is 2.56. The summed E-state index contributed by atoms with van der Waals surface area (Å²) in [6, 6.07) is 6.53. The molecule has 0 aliphatic rings. The number of ether oxygens (including phenoxy) is 1. The molecule has 0 spiro atoms. The molecule has 1 atom stereocenters. The Kier molecular flexibility index (Phi) is 4.84. The molecular weight excluding hydrogens is 220 g/mol. The molecule has 1 unspecified atom stereocenters. The van der Waals surface area contributed by atoms with Crippen molar-refractivity contribution >= 4 is 5.91 Å². The number of rotatable bonds is 5. The third kappa shape index (κ3) is 4.04. The van der Waals surface area contributed by atoms with Crippen molar-refractivity contribution < 1.29 is 9.53 Å². The lowest BCUT2D eigenvalue weighted by atomic mass is 10.2. The minimum atomic E-state index is -0.224. The van der Waals surface area contributed by atoms with Gasteiger partial charge in [0.1, 0.15) is 5.75 Å². The molecular formula is C11H14N4O2. The first-order chi connectivity index (χ1) is 8.17. The Bertz CT molecular complexity index is 424. The summed E-state index contributed by atoms with van der Waals surface area (Å²) in [5.41, 5.74) is 8.79. The fourth-order valence-electron chi connectivity index (χ4n) is 1.19. The van der Waals surface area contributed by atoms with Gasteiger partial charge in [-0.15, -0.1) is 0 Å². The molecule has 0 heterocycles. The number of benzene rings is 1. The van der Waals surface area contributed by atoms with Gasteiger partial charge in [0.25, 0.3) is 5.91 Å². The highest BCUT2D eigenvalue weighted by atomic mass is 16.5. The van der Waals surface area contributed by atoms with Crippen LogP contribution in [0.2, 0.25) is 0 Å². The maximum atomic E-state index is 11.3. The smallest absolute Gasteiger partial charge is 0.251 e. The van der Waals surface area contributed by atoms with Crippen LogP contribution < -0.4 is 10.1 Å². The quantitative estimate of drug-likeness (QED) is 0.480. The first-order valence-corrected chi connectivity index (χ1v) is 5.16. The molecule has 1 amide bonds. The summed E-state index contributed by atoms with van der Waals surface area (Å²) in [4.78, 5) is 14.0. The normalized spacial score (nSPS) is 11.2. The van der Waals surface area contributed by atoms with E-state index < -0.39 is 0 Å². The van der Waals surface area contributed by atoms with Gasteiger partial charge in [0.05, 0.1) is 12.6 Å². The lowest BCUT2D eigenvalue weighted by Gasteiger charge is -2.08.